The Hall–Kier alpha value is -3.74. The third-order valence-corrected chi connectivity index (χ3v) is 10.4. The molecule has 6 rings (SSSR count). The van der Waals surface area contributed by atoms with Crippen LogP contribution in [-0.4, -0.2) is 32.7 Å². The average Bonchev–Trinajstić information content (AvgIpc) is 3.84. The van der Waals surface area contributed by atoms with Crippen molar-refractivity contribution in [2.45, 2.75) is 103 Å². The lowest BCUT2D eigenvalue weighted by Crippen LogP contribution is -2.41. The van der Waals surface area contributed by atoms with E-state index in [-0.39, 0.29) is 41.5 Å². The zero-order valence-electron chi connectivity index (χ0n) is 26.4. The second kappa shape index (κ2) is 12.0. The molecule has 1 fully saturated rings. The van der Waals surface area contributed by atoms with Crippen molar-refractivity contribution in [2.24, 2.45) is 5.92 Å². The number of ketones is 1. The predicted molar refractivity (Wildman–Crippen MR) is 173 cm³/mol. The van der Waals surface area contributed by atoms with E-state index >= 15 is 4.39 Å². The number of hydrogen-bond donors (Lipinski definition) is 1. The Bertz CT molecular complexity index is 1580. The molecule has 2 aliphatic carbocycles. The number of allylic oxidation sites excluding steroid dienone is 1. The van der Waals surface area contributed by atoms with Gasteiger partial charge in [-0.1, -0.05) is 32.1 Å². The van der Waals surface area contributed by atoms with Gasteiger partial charge in [-0.05, 0) is 112 Å². The predicted octanol–water partition coefficient (Wildman–Crippen LogP) is 7.85. The van der Waals surface area contributed by atoms with Crippen LogP contribution in [0, 0.1) is 12.8 Å². The van der Waals surface area contributed by atoms with Gasteiger partial charge in [-0.15, -0.1) is 0 Å². The number of rotatable bonds is 7. The topological polar surface area (TPSA) is 81.2 Å². The smallest absolute Gasteiger partial charge is 0.258 e. The van der Waals surface area contributed by atoms with Gasteiger partial charge in [0.15, 0.2) is 5.78 Å². The molecule has 1 saturated carbocycles. The second-order valence-electron chi connectivity index (χ2n) is 13.2. The van der Waals surface area contributed by atoms with Crippen LogP contribution in [0.1, 0.15) is 121 Å². The van der Waals surface area contributed by atoms with Crippen LogP contribution in [0.15, 0.2) is 49.2 Å². The van der Waals surface area contributed by atoms with Crippen molar-refractivity contribution < 1.29 is 14.0 Å². The van der Waals surface area contributed by atoms with Crippen molar-refractivity contribution in [3.8, 4) is 5.69 Å². The molecule has 1 aliphatic heterocycles. The highest BCUT2D eigenvalue weighted by molar-refractivity contribution is 5.99. The van der Waals surface area contributed by atoms with Crippen LogP contribution in [0.5, 0.6) is 0 Å². The van der Waals surface area contributed by atoms with Gasteiger partial charge in [0.1, 0.15) is 5.67 Å². The number of aromatic nitrogens is 2. The quantitative estimate of drug-likeness (QED) is 0.282. The molecule has 0 bridgehead atoms. The number of pyridine rings is 1. The maximum absolute atomic E-state index is 15.0. The Morgan fingerprint density at radius 2 is 1.84 bits per heavy atom. The van der Waals surface area contributed by atoms with Crippen LogP contribution in [-0.2, 0) is 23.3 Å². The molecule has 3 unspecified atom stereocenters. The van der Waals surface area contributed by atoms with Gasteiger partial charge < -0.3 is 15.2 Å². The maximum atomic E-state index is 15.0. The van der Waals surface area contributed by atoms with E-state index < -0.39 is 5.67 Å². The molecular formula is C37H45FN4O2. The van der Waals surface area contributed by atoms with E-state index in [0.29, 0.717) is 18.0 Å². The number of nitrogens with zero attached hydrogens (tertiary/aromatic N) is 3. The number of amides is 1. The first-order chi connectivity index (χ1) is 21.1. The van der Waals surface area contributed by atoms with Crippen LogP contribution in [0.4, 0.5) is 10.1 Å². The third kappa shape index (κ3) is 5.50. The summed E-state index contributed by atoms with van der Waals surface area (Å²) in [4.78, 5) is 33.3. The molecule has 2 aromatic heterocycles. The van der Waals surface area contributed by atoms with Crippen molar-refractivity contribution >= 4 is 17.4 Å². The van der Waals surface area contributed by atoms with Gasteiger partial charge in [-0.3, -0.25) is 14.6 Å². The number of nitrogen functional groups attached to an aromatic ring is 1. The lowest BCUT2D eigenvalue weighted by molar-refractivity contribution is -0.118. The first-order valence-electron chi connectivity index (χ1n) is 16.4. The number of alkyl halides is 1. The first-order valence-corrected chi connectivity index (χ1v) is 16.4. The van der Waals surface area contributed by atoms with Gasteiger partial charge in [-0.25, -0.2) is 4.39 Å². The lowest BCUT2D eigenvalue weighted by Gasteiger charge is -2.38. The summed E-state index contributed by atoms with van der Waals surface area (Å²) >= 11 is 0. The minimum Gasteiger partial charge on any atom is -0.398 e. The second-order valence-corrected chi connectivity index (χ2v) is 13.2. The van der Waals surface area contributed by atoms with Crippen LogP contribution >= 0.6 is 0 Å². The lowest BCUT2D eigenvalue weighted by atomic mass is 9.83. The normalized spacial score (nSPS) is 21.7. The highest BCUT2D eigenvalue weighted by Gasteiger charge is 2.38. The van der Waals surface area contributed by atoms with E-state index in [0.717, 1.165) is 50.6 Å². The summed E-state index contributed by atoms with van der Waals surface area (Å²) in [6.45, 7) is 9.75. The van der Waals surface area contributed by atoms with Crippen LogP contribution in [0.3, 0.4) is 0 Å². The fourth-order valence-corrected chi connectivity index (χ4v) is 7.47. The van der Waals surface area contributed by atoms with Gasteiger partial charge in [0, 0.05) is 47.8 Å². The number of nitrogens with two attached hydrogens (primary N) is 1. The van der Waals surface area contributed by atoms with Crippen molar-refractivity contribution in [3.63, 3.8) is 0 Å². The van der Waals surface area contributed by atoms with Gasteiger partial charge in [0.2, 0.25) is 0 Å². The molecule has 232 valence electrons. The average molecular weight is 597 g/mol. The molecule has 3 heterocycles. The highest BCUT2D eigenvalue weighted by atomic mass is 19.1. The molecule has 7 heteroatoms. The summed E-state index contributed by atoms with van der Waals surface area (Å²) < 4.78 is 17.4. The zero-order chi connectivity index (χ0) is 31.2. The van der Waals surface area contributed by atoms with Gasteiger partial charge >= 0.3 is 0 Å². The zero-order valence-corrected chi connectivity index (χ0v) is 26.4. The molecule has 44 heavy (non-hydrogen) atoms. The fourth-order valence-electron chi connectivity index (χ4n) is 7.47. The molecule has 3 aromatic rings. The maximum Gasteiger partial charge on any atom is 0.258 e. The molecular weight excluding hydrogens is 551 g/mol. The standard InChI is InChI=1S/C37H45FN4O2/c1-5-33(43)26-9-7-11-28-23(3)42(27-17-15-25(16-18-27)24-13-14-24)32-19-20-41(31(35(28)32)12-8-10-26)36(44)29-22-40-34(21-30(29)39)37(4,38)6-2/h5,15-18,21-22,24,26,31H,1,6-14,19-20H2,2-4H3,(H2,39,40). The van der Waals surface area contributed by atoms with Crippen LogP contribution in [0.2, 0.25) is 0 Å². The van der Waals surface area contributed by atoms with Gasteiger partial charge in [0.05, 0.1) is 17.3 Å². The molecule has 2 N–H and O–H groups in total. The Morgan fingerprint density at radius 1 is 1.11 bits per heavy atom. The fraction of sp³-hybridized carbons (Fsp3) is 0.486. The van der Waals surface area contributed by atoms with Gasteiger partial charge in [-0.2, -0.15) is 0 Å². The van der Waals surface area contributed by atoms with E-state index in [9.17, 15) is 9.59 Å². The summed E-state index contributed by atoms with van der Waals surface area (Å²) in [7, 11) is 0. The van der Waals surface area contributed by atoms with E-state index in [1.807, 2.05) is 4.90 Å². The Balaban J connectivity index is 1.41. The number of anilines is 1. The summed E-state index contributed by atoms with van der Waals surface area (Å²) in [5.41, 5.74) is 13.2. The van der Waals surface area contributed by atoms with E-state index in [4.69, 9.17) is 5.73 Å². The van der Waals surface area contributed by atoms with Crippen molar-refractivity contribution in [1.82, 2.24) is 14.5 Å². The Labute approximate surface area is 260 Å². The number of halogens is 1. The molecule has 0 spiro atoms. The Morgan fingerprint density at radius 3 is 2.50 bits per heavy atom. The van der Waals surface area contributed by atoms with Crippen molar-refractivity contribution in [2.75, 3.05) is 12.3 Å². The molecule has 1 amide bonds. The van der Waals surface area contributed by atoms with E-state index in [1.165, 1.54) is 66.2 Å². The number of benzene rings is 1. The minimum absolute atomic E-state index is 0.0420. The number of hydrogen-bond acceptors (Lipinski definition) is 4. The molecule has 3 aliphatic rings. The molecule has 0 radical (unpaired) electrons. The minimum atomic E-state index is -1.61. The van der Waals surface area contributed by atoms with Crippen molar-refractivity contribution in [3.05, 3.63) is 88.5 Å². The molecule has 1 aromatic carbocycles. The largest absolute Gasteiger partial charge is 0.398 e. The Kier molecular flexibility index (Phi) is 8.25. The molecule has 6 nitrogen and oxygen atoms in total. The molecule has 3 atom stereocenters. The SMILES string of the molecule is C=CC(=O)C1CCCc2c3c(n(-c4ccc(C5CC5)cc4)c2C)CCN(C(=O)c2cnc(C(C)(F)CC)cc2N)C3CCC1. The summed E-state index contributed by atoms with van der Waals surface area (Å²) in [5, 5.41) is 0. The van der Waals surface area contributed by atoms with Crippen LogP contribution < -0.4 is 5.73 Å². The van der Waals surface area contributed by atoms with Crippen molar-refractivity contribution in [1.29, 1.82) is 0 Å². The number of carbonyl (C=O) groups excluding carboxylic acids is 2. The summed E-state index contributed by atoms with van der Waals surface area (Å²) in [6, 6.07) is 10.4. The van der Waals surface area contributed by atoms with E-state index in [1.54, 1.807) is 6.92 Å². The summed E-state index contributed by atoms with van der Waals surface area (Å²) in [6.07, 6.45) is 11.4. The first kappa shape index (κ1) is 30.3. The van der Waals surface area contributed by atoms with Gasteiger partial charge in [0.25, 0.3) is 5.91 Å². The third-order valence-electron chi connectivity index (χ3n) is 10.4. The monoisotopic (exact) mass is 596 g/mol. The summed E-state index contributed by atoms with van der Waals surface area (Å²) in [5.74, 6) is 0.599. The number of carbonyl (C=O) groups is 2. The highest BCUT2D eigenvalue weighted by Crippen LogP contribution is 2.44. The van der Waals surface area contributed by atoms with Crippen LogP contribution in [0.25, 0.3) is 5.69 Å². The molecule has 0 saturated heterocycles. The van der Waals surface area contributed by atoms with E-state index in [2.05, 4.69) is 47.3 Å².